The van der Waals surface area contributed by atoms with E-state index in [1.165, 1.54) is 6.08 Å². The summed E-state index contributed by atoms with van der Waals surface area (Å²) in [4.78, 5) is 28.8. The minimum atomic E-state index is -0.635. The van der Waals surface area contributed by atoms with Crippen LogP contribution in [0, 0.1) is 13.8 Å². The van der Waals surface area contributed by atoms with Crippen LogP contribution < -0.4 is 0 Å². The molecule has 0 amide bonds. The van der Waals surface area contributed by atoms with Crippen molar-refractivity contribution in [1.82, 2.24) is 4.98 Å². The topological polar surface area (TPSA) is 117 Å². The van der Waals surface area contributed by atoms with Crippen molar-refractivity contribution in [1.29, 1.82) is 0 Å². The average molecular weight is 592 g/mol. The van der Waals surface area contributed by atoms with Gasteiger partial charge in [-0.2, -0.15) is 0 Å². The fourth-order valence-electron chi connectivity index (χ4n) is 2.91. The Morgan fingerprint density at radius 3 is 2.38 bits per heavy atom. The van der Waals surface area contributed by atoms with Crippen LogP contribution in [0.2, 0.25) is 0 Å². The minimum absolute atomic E-state index is 0.0642. The van der Waals surface area contributed by atoms with E-state index in [1.54, 1.807) is 13.8 Å². The summed E-state index contributed by atoms with van der Waals surface area (Å²) >= 11 is 6.93. The number of esters is 2. The van der Waals surface area contributed by atoms with Gasteiger partial charge in [-0.1, -0.05) is 29.4 Å². The summed E-state index contributed by atoms with van der Waals surface area (Å²) < 4.78 is 11.6. The smallest absolute Gasteiger partial charge is 0.354 e. The Kier molecular flexibility index (Phi) is 10.4. The highest BCUT2D eigenvalue weighted by atomic mass is 79.9. The summed E-state index contributed by atoms with van der Waals surface area (Å²) in [6, 6.07) is 11.4. The molecular formula is C24H24Br2N4O4. The van der Waals surface area contributed by atoms with E-state index >= 15 is 0 Å². The molecule has 0 saturated heterocycles. The lowest BCUT2D eigenvalue weighted by Gasteiger charge is -2.04. The second kappa shape index (κ2) is 13.0. The number of aromatic nitrogens is 1. The molecule has 0 bridgehead atoms. The molecule has 1 N–H and O–H groups in total. The van der Waals surface area contributed by atoms with Gasteiger partial charge in [-0.3, -0.25) is 0 Å². The predicted octanol–water partition coefficient (Wildman–Crippen LogP) is 7.39. The maximum absolute atomic E-state index is 11.6. The molecular weight excluding hydrogens is 568 g/mol. The van der Waals surface area contributed by atoms with Gasteiger partial charge in [0.1, 0.15) is 11.4 Å². The quantitative estimate of drug-likeness (QED) is 0.106. The lowest BCUT2D eigenvalue weighted by molar-refractivity contribution is -0.138. The van der Waals surface area contributed by atoms with Crippen molar-refractivity contribution < 1.29 is 19.1 Å². The van der Waals surface area contributed by atoms with Crippen LogP contribution >= 0.6 is 31.9 Å². The molecule has 10 heteroatoms. The molecule has 0 atom stereocenters. The number of nitrogens with zero attached hydrogens (tertiary/aromatic N) is 3. The Morgan fingerprint density at radius 1 is 1.06 bits per heavy atom. The van der Waals surface area contributed by atoms with Gasteiger partial charge in [0.2, 0.25) is 0 Å². The van der Waals surface area contributed by atoms with Crippen LogP contribution in [0.4, 0.5) is 0 Å². The fourth-order valence-corrected chi connectivity index (χ4v) is 3.75. The number of ether oxygens (including phenoxy) is 2. The first-order valence-corrected chi connectivity index (χ1v) is 12.0. The van der Waals surface area contributed by atoms with Gasteiger partial charge in [0.05, 0.1) is 13.2 Å². The molecule has 0 aliphatic carbocycles. The van der Waals surface area contributed by atoms with E-state index in [0.29, 0.717) is 12.3 Å². The van der Waals surface area contributed by atoms with E-state index in [4.69, 9.17) is 15.0 Å². The first kappa shape index (κ1) is 27.2. The molecule has 3 aromatic rings. The van der Waals surface area contributed by atoms with Gasteiger partial charge in [0.25, 0.3) is 0 Å². The number of H-pyrrole nitrogens is 1. The van der Waals surface area contributed by atoms with Crippen molar-refractivity contribution in [2.75, 3.05) is 13.2 Å². The zero-order valence-electron chi connectivity index (χ0n) is 19.2. The molecule has 0 radical (unpaired) electrons. The number of hydrogen-bond acceptors (Lipinski definition) is 5. The molecule has 0 fully saturated rings. The number of carbonyl (C=O) groups is 2. The zero-order chi connectivity index (χ0) is 25.3. The van der Waals surface area contributed by atoms with E-state index in [-0.39, 0.29) is 18.3 Å². The van der Waals surface area contributed by atoms with Gasteiger partial charge in [0.15, 0.2) is 0 Å². The van der Waals surface area contributed by atoms with Gasteiger partial charge < -0.3 is 14.5 Å². The van der Waals surface area contributed by atoms with E-state index in [1.807, 2.05) is 50.2 Å². The molecule has 3 rings (SSSR count). The minimum Gasteiger partial charge on any atom is -0.462 e. The highest BCUT2D eigenvalue weighted by molar-refractivity contribution is 9.11. The van der Waals surface area contributed by atoms with Crippen LogP contribution in [0.3, 0.4) is 0 Å². The highest BCUT2D eigenvalue weighted by Gasteiger charge is 2.12. The predicted molar refractivity (Wildman–Crippen MR) is 139 cm³/mol. The van der Waals surface area contributed by atoms with Crippen molar-refractivity contribution in [3.05, 3.63) is 83.9 Å². The Balaban J connectivity index is 0.000000241. The largest absolute Gasteiger partial charge is 0.462 e. The molecule has 1 aromatic heterocycles. The van der Waals surface area contributed by atoms with Crippen LogP contribution in [0.1, 0.15) is 41.0 Å². The van der Waals surface area contributed by atoms with Gasteiger partial charge in [-0.25, -0.2) is 9.59 Å². The maximum Gasteiger partial charge on any atom is 0.354 e. The van der Waals surface area contributed by atoms with Crippen LogP contribution in [0.25, 0.3) is 27.4 Å². The summed E-state index contributed by atoms with van der Waals surface area (Å²) in [5, 5.41) is 4.36. The number of fused-ring (bicyclic) bond motifs is 1. The monoisotopic (exact) mass is 590 g/mol. The third kappa shape index (κ3) is 6.96. The molecule has 8 nitrogen and oxygen atoms in total. The molecule has 0 aliphatic rings. The summed E-state index contributed by atoms with van der Waals surface area (Å²) in [6.07, 6.45) is 1.49. The normalized spacial score (nSPS) is 10.7. The lowest BCUT2D eigenvalue weighted by atomic mass is 10.1. The van der Waals surface area contributed by atoms with Gasteiger partial charge >= 0.3 is 11.9 Å². The summed E-state index contributed by atoms with van der Waals surface area (Å²) in [6.45, 7) is 8.04. The number of aryl methyl sites for hydroxylation is 2. The highest BCUT2D eigenvalue weighted by Crippen LogP contribution is 2.28. The molecule has 178 valence electrons. The Morgan fingerprint density at radius 2 is 1.74 bits per heavy atom. The van der Waals surface area contributed by atoms with Gasteiger partial charge in [-0.05, 0) is 100.0 Å². The molecule has 0 aliphatic heterocycles. The van der Waals surface area contributed by atoms with Crippen molar-refractivity contribution in [3.63, 3.8) is 0 Å². The van der Waals surface area contributed by atoms with Crippen LogP contribution in [0.5, 0.6) is 0 Å². The standard InChI is InChI=1S/C12H12BrN3O2.C12H12BrNO2/c1-3-18-12(17)10(15-16-14)7-9-6-4-5-8(2)11(9)13;1-3-16-12(15)10-6-8-9(14-10)5-4-7(2)11(8)13/h4-7H,3H2,1-2H3;4-6,14H,3H2,1-2H3/b10-7-;. The second-order valence-electron chi connectivity index (χ2n) is 6.98. The van der Waals surface area contributed by atoms with Crippen LogP contribution in [0.15, 0.2) is 56.2 Å². The second-order valence-corrected chi connectivity index (χ2v) is 8.56. The number of benzene rings is 2. The van der Waals surface area contributed by atoms with E-state index in [9.17, 15) is 9.59 Å². The van der Waals surface area contributed by atoms with Crippen molar-refractivity contribution in [2.45, 2.75) is 27.7 Å². The van der Waals surface area contributed by atoms with Gasteiger partial charge in [-0.15, -0.1) is 0 Å². The molecule has 1 heterocycles. The van der Waals surface area contributed by atoms with E-state index in [0.717, 1.165) is 36.5 Å². The van der Waals surface area contributed by atoms with E-state index < -0.39 is 5.97 Å². The number of rotatable bonds is 6. The third-order valence-electron chi connectivity index (χ3n) is 4.58. The van der Waals surface area contributed by atoms with Crippen molar-refractivity contribution in [2.24, 2.45) is 5.11 Å². The third-order valence-corrected chi connectivity index (χ3v) is 6.71. The Bertz CT molecular complexity index is 1280. The lowest BCUT2D eigenvalue weighted by Crippen LogP contribution is -2.05. The number of carbonyl (C=O) groups excluding carboxylic acids is 2. The number of aromatic amines is 1. The SMILES string of the molecule is CCOC(=O)/C(=C/c1cccc(C)c1Br)N=[N+]=[N-].CCOC(=O)c1cc2c(Br)c(C)ccc2[nH]1. The molecule has 2 aromatic carbocycles. The number of nitrogens with one attached hydrogen (secondary N) is 1. The Labute approximate surface area is 214 Å². The number of azide groups is 1. The van der Waals surface area contributed by atoms with Crippen LogP contribution in [-0.2, 0) is 14.3 Å². The number of halogens is 2. The van der Waals surface area contributed by atoms with Crippen molar-refractivity contribution >= 4 is 60.8 Å². The Hall–Kier alpha value is -3.07. The van der Waals surface area contributed by atoms with Gasteiger partial charge in [0, 0.05) is 24.8 Å². The molecule has 0 saturated carbocycles. The summed E-state index contributed by atoms with van der Waals surface area (Å²) in [7, 11) is 0. The molecule has 0 unspecified atom stereocenters. The zero-order valence-corrected chi connectivity index (χ0v) is 22.4. The van der Waals surface area contributed by atoms with E-state index in [2.05, 4.69) is 46.9 Å². The molecule has 0 spiro atoms. The molecule has 34 heavy (non-hydrogen) atoms. The van der Waals surface area contributed by atoms with Crippen LogP contribution in [-0.4, -0.2) is 30.1 Å². The first-order chi connectivity index (χ1) is 16.2. The summed E-state index contributed by atoms with van der Waals surface area (Å²) in [5.41, 5.74) is 12.7. The average Bonchev–Trinajstić information content (AvgIpc) is 3.25. The van der Waals surface area contributed by atoms with Crippen molar-refractivity contribution in [3.8, 4) is 0 Å². The first-order valence-electron chi connectivity index (χ1n) is 10.4. The summed E-state index contributed by atoms with van der Waals surface area (Å²) in [5.74, 6) is -0.952. The fraction of sp³-hybridized carbons (Fsp3) is 0.250. The maximum atomic E-state index is 11.6. The number of hydrogen-bond donors (Lipinski definition) is 1.